The maximum absolute atomic E-state index is 11.8. The van der Waals surface area contributed by atoms with Crippen LogP contribution in [0.2, 0.25) is 0 Å². The number of rotatable bonds is 6. The van der Waals surface area contributed by atoms with Gasteiger partial charge in [-0.1, -0.05) is 15.9 Å². The molecule has 0 spiro atoms. The zero-order valence-electron chi connectivity index (χ0n) is 12.2. The summed E-state index contributed by atoms with van der Waals surface area (Å²) in [6.45, 7) is 4.35. The van der Waals surface area contributed by atoms with Gasteiger partial charge in [0.05, 0.1) is 11.4 Å². The minimum absolute atomic E-state index is 0. The summed E-state index contributed by atoms with van der Waals surface area (Å²) in [5.74, 6) is -0.170. The fourth-order valence-corrected chi connectivity index (χ4v) is 2.34. The molecule has 0 radical (unpaired) electrons. The van der Waals surface area contributed by atoms with E-state index in [2.05, 4.69) is 26.6 Å². The van der Waals surface area contributed by atoms with E-state index in [0.717, 1.165) is 10.0 Å². The van der Waals surface area contributed by atoms with Crippen LogP contribution in [-0.2, 0) is 9.59 Å². The Morgan fingerprint density at radius 2 is 1.86 bits per heavy atom. The molecule has 118 valence electrons. The Morgan fingerprint density at radius 1 is 1.24 bits per heavy atom. The van der Waals surface area contributed by atoms with Crippen LogP contribution in [0.3, 0.4) is 0 Å². The molecule has 1 aromatic carbocycles. The molecule has 5 nitrogen and oxygen atoms in total. The van der Waals surface area contributed by atoms with Crippen LogP contribution in [0.25, 0.3) is 0 Å². The Morgan fingerprint density at radius 3 is 2.48 bits per heavy atom. The monoisotopic (exact) mass is 377 g/mol. The van der Waals surface area contributed by atoms with Crippen LogP contribution in [0.15, 0.2) is 16.6 Å². The molecule has 0 atom stereocenters. The average molecular weight is 379 g/mol. The minimum atomic E-state index is -0.140. The van der Waals surface area contributed by atoms with Crippen molar-refractivity contribution in [1.29, 1.82) is 0 Å². The summed E-state index contributed by atoms with van der Waals surface area (Å²) in [5, 5.41) is 5.47. The lowest BCUT2D eigenvalue weighted by Crippen LogP contribution is -2.22. The number of nitrogen functional groups attached to an aromatic ring is 1. The van der Waals surface area contributed by atoms with Crippen LogP contribution < -0.4 is 16.4 Å². The van der Waals surface area contributed by atoms with E-state index in [1.807, 2.05) is 19.9 Å². The number of anilines is 2. The molecule has 2 amide bonds. The Bertz CT molecular complexity index is 509. The predicted molar refractivity (Wildman–Crippen MR) is 91.7 cm³/mol. The van der Waals surface area contributed by atoms with E-state index in [1.165, 1.54) is 0 Å². The summed E-state index contributed by atoms with van der Waals surface area (Å²) in [6.07, 6.45) is 1.17. The number of nitrogens with two attached hydrogens (primary N) is 1. The lowest BCUT2D eigenvalue weighted by Gasteiger charge is -2.11. The summed E-state index contributed by atoms with van der Waals surface area (Å²) < 4.78 is 0.863. The summed E-state index contributed by atoms with van der Waals surface area (Å²) in [5.41, 5.74) is 7.97. The first-order chi connectivity index (χ1) is 9.43. The summed E-state index contributed by atoms with van der Waals surface area (Å²) in [6, 6.07) is 3.66. The van der Waals surface area contributed by atoms with Crippen molar-refractivity contribution >= 4 is 51.5 Å². The van der Waals surface area contributed by atoms with Crippen LogP contribution in [0.1, 0.15) is 31.7 Å². The highest BCUT2D eigenvalue weighted by Gasteiger charge is 2.09. The van der Waals surface area contributed by atoms with Crippen molar-refractivity contribution in [3.8, 4) is 0 Å². The SMILES string of the molecule is CCNC(=O)CCCC(=O)Nc1cc(Br)cc(C)c1N.Cl. The fraction of sp³-hybridized carbons (Fsp3) is 0.429. The van der Waals surface area contributed by atoms with E-state index in [9.17, 15) is 9.59 Å². The van der Waals surface area contributed by atoms with Gasteiger partial charge in [-0.25, -0.2) is 0 Å². The Kier molecular flexibility index (Phi) is 9.05. The van der Waals surface area contributed by atoms with E-state index >= 15 is 0 Å². The van der Waals surface area contributed by atoms with Gasteiger partial charge < -0.3 is 16.4 Å². The van der Waals surface area contributed by atoms with E-state index in [-0.39, 0.29) is 24.2 Å². The number of amides is 2. The van der Waals surface area contributed by atoms with E-state index in [4.69, 9.17) is 5.73 Å². The van der Waals surface area contributed by atoms with Gasteiger partial charge in [0, 0.05) is 23.9 Å². The van der Waals surface area contributed by atoms with Crippen LogP contribution >= 0.6 is 28.3 Å². The number of hydrogen-bond acceptors (Lipinski definition) is 3. The first kappa shape index (κ1) is 19.7. The second kappa shape index (κ2) is 9.63. The van der Waals surface area contributed by atoms with Crippen molar-refractivity contribution in [3.05, 3.63) is 22.2 Å². The molecule has 0 unspecified atom stereocenters. The molecule has 0 aliphatic heterocycles. The van der Waals surface area contributed by atoms with E-state index < -0.39 is 0 Å². The van der Waals surface area contributed by atoms with Crippen molar-refractivity contribution in [3.63, 3.8) is 0 Å². The van der Waals surface area contributed by atoms with Crippen LogP contribution in [0.5, 0.6) is 0 Å². The molecular weight excluding hydrogens is 358 g/mol. The molecule has 0 fully saturated rings. The third-order valence-electron chi connectivity index (χ3n) is 2.81. The maximum atomic E-state index is 11.8. The molecular formula is C14H21BrClN3O2. The average Bonchev–Trinajstić information content (AvgIpc) is 2.35. The second-order valence-electron chi connectivity index (χ2n) is 4.54. The van der Waals surface area contributed by atoms with Crippen LogP contribution in [0, 0.1) is 6.92 Å². The largest absolute Gasteiger partial charge is 0.397 e. The molecule has 1 rings (SSSR count). The number of halogens is 2. The molecule has 0 aromatic heterocycles. The molecule has 0 bridgehead atoms. The Balaban J connectivity index is 0.00000400. The smallest absolute Gasteiger partial charge is 0.224 e. The highest BCUT2D eigenvalue weighted by molar-refractivity contribution is 9.10. The quantitative estimate of drug-likeness (QED) is 0.665. The van der Waals surface area contributed by atoms with Gasteiger partial charge in [0.2, 0.25) is 11.8 Å². The standard InChI is InChI=1S/C14H20BrN3O2.ClH/c1-3-17-12(19)5-4-6-13(20)18-11-8-10(15)7-9(2)14(11)16;/h7-8H,3-6,16H2,1-2H3,(H,17,19)(H,18,20);1H. The molecule has 0 saturated heterocycles. The van der Waals surface area contributed by atoms with Crippen LogP contribution in [-0.4, -0.2) is 18.4 Å². The number of nitrogens with one attached hydrogen (secondary N) is 2. The zero-order valence-corrected chi connectivity index (χ0v) is 14.6. The van der Waals surface area contributed by atoms with Gasteiger partial charge in [0.25, 0.3) is 0 Å². The zero-order chi connectivity index (χ0) is 15.1. The number of hydrogen-bond donors (Lipinski definition) is 3. The highest BCUT2D eigenvalue weighted by atomic mass is 79.9. The van der Waals surface area contributed by atoms with Crippen molar-refractivity contribution in [2.45, 2.75) is 33.1 Å². The number of benzene rings is 1. The molecule has 0 saturated carbocycles. The molecule has 0 aliphatic rings. The maximum Gasteiger partial charge on any atom is 0.224 e. The van der Waals surface area contributed by atoms with Gasteiger partial charge in [-0.15, -0.1) is 12.4 Å². The topological polar surface area (TPSA) is 84.2 Å². The van der Waals surface area contributed by atoms with E-state index in [1.54, 1.807) is 6.07 Å². The fourth-order valence-electron chi connectivity index (χ4n) is 1.77. The predicted octanol–water partition coefficient (Wildman–Crippen LogP) is 3.01. The third-order valence-corrected chi connectivity index (χ3v) is 3.27. The van der Waals surface area contributed by atoms with Crippen molar-refractivity contribution in [1.82, 2.24) is 5.32 Å². The normalized spacial score (nSPS) is 9.67. The number of aryl methyl sites for hydroxylation is 1. The van der Waals surface area contributed by atoms with Crippen molar-refractivity contribution in [2.75, 3.05) is 17.6 Å². The van der Waals surface area contributed by atoms with Gasteiger partial charge in [-0.05, 0) is 38.0 Å². The Hall–Kier alpha value is -1.27. The number of carbonyl (C=O) groups excluding carboxylic acids is 2. The highest BCUT2D eigenvalue weighted by Crippen LogP contribution is 2.27. The van der Waals surface area contributed by atoms with Gasteiger partial charge in [-0.2, -0.15) is 0 Å². The molecule has 7 heteroatoms. The first-order valence-corrected chi connectivity index (χ1v) is 7.35. The van der Waals surface area contributed by atoms with Gasteiger partial charge in [0.15, 0.2) is 0 Å². The lowest BCUT2D eigenvalue weighted by molar-refractivity contribution is -0.121. The Labute approximate surface area is 139 Å². The minimum Gasteiger partial charge on any atom is -0.397 e. The summed E-state index contributed by atoms with van der Waals surface area (Å²) in [7, 11) is 0. The molecule has 0 aliphatic carbocycles. The first-order valence-electron chi connectivity index (χ1n) is 6.56. The van der Waals surface area contributed by atoms with E-state index in [0.29, 0.717) is 37.2 Å². The van der Waals surface area contributed by atoms with Crippen LogP contribution in [0.4, 0.5) is 11.4 Å². The van der Waals surface area contributed by atoms with Gasteiger partial charge >= 0.3 is 0 Å². The third kappa shape index (κ3) is 6.82. The van der Waals surface area contributed by atoms with Gasteiger partial charge in [-0.3, -0.25) is 9.59 Å². The molecule has 1 aromatic rings. The summed E-state index contributed by atoms with van der Waals surface area (Å²) in [4.78, 5) is 23.1. The van der Waals surface area contributed by atoms with Crippen molar-refractivity contribution < 1.29 is 9.59 Å². The summed E-state index contributed by atoms with van der Waals surface area (Å²) >= 11 is 3.37. The molecule has 0 heterocycles. The van der Waals surface area contributed by atoms with Gasteiger partial charge in [0.1, 0.15) is 0 Å². The lowest BCUT2D eigenvalue weighted by atomic mass is 10.1. The van der Waals surface area contributed by atoms with Crippen molar-refractivity contribution in [2.24, 2.45) is 0 Å². The molecule has 21 heavy (non-hydrogen) atoms. The number of carbonyl (C=O) groups is 2. The molecule has 4 N–H and O–H groups in total. The second-order valence-corrected chi connectivity index (χ2v) is 5.45.